The second kappa shape index (κ2) is 5.44. The first-order valence-electron chi connectivity index (χ1n) is 7.53. The van der Waals surface area contributed by atoms with Gasteiger partial charge in [0.05, 0.1) is 11.7 Å². The lowest BCUT2D eigenvalue weighted by Crippen LogP contribution is -2.32. The van der Waals surface area contributed by atoms with Crippen LogP contribution >= 0.6 is 0 Å². The number of primary amides is 1. The summed E-state index contributed by atoms with van der Waals surface area (Å²) in [6.45, 7) is 5.50. The van der Waals surface area contributed by atoms with Gasteiger partial charge in [-0.3, -0.25) is 4.79 Å². The van der Waals surface area contributed by atoms with E-state index in [1.54, 1.807) is 6.20 Å². The van der Waals surface area contributed by atoms with Crippen molar-refractivity contribution in [3.8, 4) is 0 Å². The van der Waals surface area contributed by atoms with Crippen LogP contribution in [0.2, 0.25) is 0 Å². The first-order chi connectivity index (χ1) is 10.5. The maximum atomic E-state index is 12.3. The predicted octanol–water partition coefficient (Wildman–Crippen LogP) is 1.89. The number of aromatic nitrogens is 2. The number of fused-ring (bicyclic) bond motifs is 3. The van der Waals surface area contributed by atoms with Crippen molar-refractivity contribution in [2.24, 2.45) is 11.7 Å². The predicted molar refractivity (Wildman–Crippen MR) is 83.3 cm³/mol. The van der Waals surface area contributed by atoms with Crippen LogP contribution in [0.3, 0.4) is 0 Å². The average molecular weight is 300 g/mol. The Hall–Kier alpha value is -2.37. The van der Waals surface area contributed by atoms with Gasteiger partial charge in [0.1, 0.15) is 0 Å². The minimum absolute atomic E-state index is 0.181. The molecule has 1 aliphatic heterocycles. The van der Waals surface area contributed by atoms with Gasteiger partial charge in [-0.2, -0.15) is 9.78 Å². The molecule has 1 aromatic carbocycles. The van der Waals surface area contributed by atoms with E-state index in [9.17, 15) is 9.59 Å². The molecule has 0 radical (unpaired) electrons. The Balaban J connectivity index is 2.09. The summed E-state index contributed by atoms with van der Waals surface area (Å²) in [7, 11) is 0. The molecule has 0 aliphatic carbocycles. The molecule has 1 aromatic heterocycles. The molecule has 1 aliphatic rings. The maximum Gasteiger partial charge on any atom is 0.340 e. The normalized spacial score (nSPS) is 15.2. The van der Waals surface area contributed by atoms with Gasteiger partial charge in [-0.1, -0.05) is 19.9 Å². The number of carbonyl (C=O) groups excluding carboxylic acids is 2. The van der Waals surface area contributed by atoms with E-state index in [0.717, 1.165) is 29.5 Å². The number of benzene rings is 1. The van der Waals surface area contributed by atoms with Crippen LogP contribution in [-0.4, -0.2) is 33.2 Å². The Morgan fingerprint density at radius 1 is 1.36 bits per heavy atom. The monoisotopic (exact) mass is 300 g/mol. The molecular weight excluding hydrogens is 280 g/mol. The zero-order valence-electron chi connectivity index (χ0n) is 12.9. The zero-order chi connectivity index (χ0) is 15.9. The number of nitrogens with two attached hydrogens (primary N) is 1. The minimum Gasteiger partial charge on any atom is -0.350 e. The molecule has 116 valence electrons. The summed E-state index contributed by atoms with van der Waals surface area (Å²) < 4.78 is 1.20. The van der Waals surface area contributed by atoms with Crippen molar-refractivity contribution < 1.29 is 9.59 Å². The van der Waals surface area contributed by atoms with Crippen molar-refractivity contribution in [2.45, 2.75) is 33.2 Å². The molecule has 0 saturated carbocycles. The van der Waals surface area contributed by atoms with Gasteiger partial charge in [0.2, 0.25) is 5.91 Å². The van der Waals surface area contributed by atoms with E-state index in [1.807, 2.05) is 17.0 Å². The summed E-state index contributed by atoms with van der Waals surface area (Å²) >= 11 is 0. The van der Waals surface area contributed by atoms with Crippen molar-refractivity contribution in [3.63, 3.8) is 0 Å². The highest BCUT2D eigenvalue weighted by Gasteiger charge is 2.23. The smallest absolute Gasteiger partial charge is 0.340 e. The van der Waals surface area contributed by atoms with E-state index in [0.29, 0.717) is 24.4 Å². The Bertz CT molecular complexity index is 748. The number of amides is 2. The van der Waals surface area contributed by atoms with E-state index in [2.05, 4.69) is 18.9 Å². The summed E-state index contributed by atoms with van der Waals surface area (Å²) in [4.78, 5) is 25.6. The Morgan fingerprint density at radius 3 is 2.82 bits per heavy atom. The van der Waals surface area contributed by atoms with Crippen molar-refractivity contribution >= 4 is 22.8 Å². The van der Waals surface area contributed by atoms with Gasteiger partial charge < -0.3 is 10.6 Å². The first kappa shape index (κ1) is 14.6. The van der Waals surface area contributed by atoms with Crippen LogP contribution in [0.1, 0.15) is 31.4 Å². The van der Waals surface area contributed by atoms with E-state index >= 15 is 0 Å². The first-order valence-corrected chi connectivity index (χ1v) is 7.53. The largest absolute Gasteiger partial charge is 0.350 e. The van der Waals surface area contributed by atoms with Crippen molar-refractivity contribution in [1.29, 1.82) is 0 Å². The molecule has 0 atom stereocenters. The van der Waals surface area contributed by atoms with Crippen LogP contribution in [0.25, 0.3) is 10.9 Å². The molecule has 6 heteroatoms. The number of aryl methyl sites for hydroxylation is 1. The number of carbonyl (C=O) groups is 2. The van der Waals surface area contributed by atoms with Gasteiger partial charge in [-0.25, -0.2) is 4.79 Å². The summed E-state index contributed by atoms with van der Waals surface area (Å²) in [6, 6.07) is 3.23. The molecule has 6 nitrogen and oxygen atoms in total. The highest BCUT2D eigenvalue weighted by Crippen LogP contribution is 2.28. The Kier molecular flexibility index (Phi) is 3.60. The van der Waals surface area contributed by atoms with Crippen LogP contribution in [0.4, 0.5) is 4.79 Å². The van der Waals surface area contributed by atoms with Gasteiger partial charge >= 0.3 is 6.03 Å². The molecule has 0 bridgehead atoms. The topological polar surface area (TPSA) is 81.2 Å². The quantitative estimate of drug-likeness (QED) is 0.919. The van der Waals surface area contributed by atoms with Gasteiger partial charge in [0.25, 0.3) is 0 Å². The summed E-state index contributed by atoms with van der Waals surface area (Å²) in [5, 5.41) is 4.98. The molecule has 0 spiro atoms. The molecule has 22 heavy (non-hydrogen) atoms. The average Bonchev–Trinajstić information content (AvgIpc) is 2.82. The SMILES string of the molecule is CC(C)CN1Cc2c(ccc3c2cnn3C(N)=O)CCC1=O. The third-order valence-electron chi connectivity index (χ3n) is 4.07. The molecular formula is C16H20N4O2. The fourth-order valence-corrected chi connectivity index (χ4v) is 3.09. The van der Waals surface area contributed by atoms with E-state index in [-0.39, 0.29) is 5.91 Å². The summed E-state index contributed by atoms with van der Waals surface area (Å²) in [5.74, 6) is 0.596. The van der Waals surface area contributed by atoms with Crippen LogP contribution in [0.15, 0.2) is 18.3 Å². The molecule has 0 saturated heterocycles. The Morgan fingerprint density at radius 2 is 2.14 bits per heavy atom. The van der Waals surface area contributed by atoms with E-state index in [1.165, 1.54) is 4.68 Å². The third kappa shape index (κ3) is 2.45. The standard InChI is InChI=1S/C16H20N4O2/c1-10(2)8-19-9-13-11(4-6-15(19)21)3-5-14-12(13)7-18-20(14)16(17)22/h3,5,7,10H,4,6,8-9H2,1-2H3,(H2,17,22). The lowest BCUT2D eigenvalue weighted by molar-refractivity contribution is -0.132. The number of hydrogen-bond donors (Lipinski definition) is 1. The summed E-state index contributed by atoms with van der Waals surface area (Å²) in [5.41, 5.74) is 8.27. The van der Waals surface area contributed by atoms with Gasteiger partial charge in [0, 0.05) is 24.9 Å². The molecule has 2 heterocycles. The van der Waals surface area contributed by atoms with Crippen molar-refractivity contribution in [2.75, 3.05) is 6.54 Å². The zero-order valence-corrected chi connectivity index (χ0v) is 12.9. The highest BCUT2D eigenvalue weighted by atomic mass is 16.2. The lowest BCUT2D eigenvalue weighted by atomic mass is 10.0. The van der Waals surface area contributed by atoms with Crippen LogP contribution < -0.4 is 5.73 Å². The van der Waals surface area contributed by atoms with Gasteiger partial charge in [-0.05, 0) is 29.5 Å². The van der Waals surface area contributed by atoms with Crippen molar-refractivity contribution in [1.82, 2.24) is 14.7 Å². The molecule has 2 amide bonds. The lowest BCUT2D eigenvalue weighted by Gasteiger charge is -2.23. The summed E-state index contributed by atoms with van der Waals surface area (Å²) in [6.07, 6.45) is 2.91. The fourth-order valence-electron chi connectivity index (χ4n) is 3.09. The number of nitrogens with zero attached hydrogens (tertiary/aromatic N) is 3. The van der Waals surface area contributed by atoms with Crippen molar-refractivity contribution in [3.05, 3.63) is 29.5 Å². The van der Waals surface area contributed by atoms with Crippen LogP contribution in [0, 0.1) is 5.92 Å². The van der Waals surface area contributed by atoms with E-state index < -0.39 is 6.03 Å². The third-order valence-corrected chi connectivity index (χ3v) is 4.07. The fraction of sp³-hybridized carbons (Fsp3) is 0.438. The molecule has 0 fully saturated rings. The number of rotatable bonds is 2. The maximum absolute atomic E-state index is 12.3. The highest BCUT2D eigenvalue weighted by molar-refractivity contribution is 5.92. The second-order valence-electron chi connectivity index (χ2n) is 6.20. The Labute approximate surface area is 128 Å². The molecule has 3 rings (SSSR count). The van der Waals surface area contributed by atoms with E-state index in [4.69, 9.17) is 5.73 Å². The van der Waals surface area contributed by atoms with Gasteiger partial charge in [-0.15, -0.1) is 0 Å². The van der Waals surface area contributed by atoms with Crippen LogP contribution in [0.5, 0.6) is 0 Å². The second-order valence-corrected chi connectivity index (χ2v) is 6.20. The molecule has 2 aromatic rings. The van der Waals surface area contributed by atoms with Crippen LogP contribution in [-0.2, 0) is 17.8 Å². The minimum atomic E-state index is -0.598. The molecule has 0 unspecified atom stereocenters. The molecule has 2 N–H and O–H groups in total. The van der Waals surface area contributed by atoms with Gasteiger partial charge in [0.15, 0.2) is 0 Å². The number of hydrogen-bond acceptors (Lipinski definition) is 3.